The predicted molar refractivity (Wildman–Crippen MR) is 96.2 cm³/mol. The van der Waals surface area contributed by atoms with Gasteiger partial charge in [0.15, 0.2) is 0 Å². The lowest BCUT2D eigenvalue weighted by atomic mass is 9.70. The summed E-state index contributed by atoms with van der Waals surface area (Å²) in [4.78, 5) is 0. The van der Waals surface area contributed by atoms with Crippen LogP contribution in [0.4, 0.5) is 8.78 Å². The molecule has 3 heteroatoms. The van der Waals surface area contributed by atoms with E-state index in [0.29, 0.717) is 6.10 Å². The van der Waals surface area contributed by atoms with E-state index in [1.165, 1.54) is 63.9 Å². The number of ether oxygens (including phenoxy) is 1. The number of hydrogen-bond acceptors (Lipinski definition) is 1. The van der Waals surface area contributed by atoms with Crippen molar-refractivity contribution >= 4 is 0 Å². The Morgan fingerprint density at radius 3 is 2.00 bits per heavy atom. The lowest BCUT2D eigenvalue weighted by Crippen LogP contribution is -2.28. The zero-order valence-corrected chi connectivity index (χ0v) is 15.5. The van der Waals surface area contributed by atoms with Gasteiger partial charge in [0, 0.05) is 6.61 Å². The molecule has 0 aromatic carbocycles. The molecule has 0 amide bonds. The van der Waals surface area contributed by atoms with E-state index >= 15 is 0 Å². The van der Waals surface area contributed by atoms with Crippen LogP contribution in [0.5, 0.6) is 0 Å². The van der Waals surface area contributed by atoms with Gasteiger partial charge in [0.25, 0.3) is 6.08 Å². The Bertz CT molecular complexity index is 349. The van der Waals surface area contributed by atoms with Gasteiger partial charge in [-0.25, -0.2) is 0 Å². The van der Waals surface area contributed by atoms with Crippen molar-refractivity contribution in [2.75, 3.05) is 6.61 Å². The SMILES string of the molecule is CCCCCCCO[C@H]1CC[C@H]([C@H]2CC[C@H](C=C(F)F)CC2)CC1. The summed E-state index contributed by atoms with van der Waals surface area (Å²) in [5.74, 6) is 1.71. The third-order valence-electron chi connectivity index (χ3n) is 6.17. The van der Waals surface area contributed by atoms with Gasteiger partial charge in [0.2, 0.25) is 0 Å². The topological polar surface area (TPSA) is 9.23 Å². The summed E-state index contributed by atoms with van der Waals surface area (Å²) in [5, 5.41) is 0. The minimum atomic E-state index is -1.49. The summed E-state index contributed by atoms with van der Waals surface area (Å²) < 4.78 is 30.8. The summed E-state index contributed by atoms with van der Waals surface area (Å²) in [5.41, 5.74) is 0. The fourth-order valence-electron chi connectivity index (χ4n) is 4.64. The maximum absolute atomic E-state index is 12.3. The molecule has 0 atom stereocenters. The monoisotopic (exact) mass is 342 g/mol. The van der Waals surface area contributed by atoms with Crippen molar-refractivity contribution in [1.29, 1.82) is 0 Å². The Balaban J connectivity index is 1.56. The Labute approximate surface area is 147 Å². The van der Waals surface area contributed by atoms with Crippen LogP contribution in [0.3, 0.4) is 0 Å². The minimum Gasteiger partial charge on any atom is -0.378 e. The predicted octanol–water partition coefficient (Wildman–Crippen LogP) is 7.12. The second-order valence-electron chi connectivity index (χ2n) is 7.95. The van der Waals surface area contributed by atoms with Crippen LogP contribution >= 0.6 is 0 Å². The lowest BCUT2D eigenvalue weighted by Gasteiger charge is -2.37. The van der Waals surface area contributed by atoms with Gasteiger partial charge in [-0.3, -0.25) is 0 Å². The van der Waals surface area contributed by atoms with Crippen LogP contribution in [-0.2, 0) is 4.74 Å². The molecule has 0 bridgehead atoms. The summed E-state index contributed by atoms with van der Waals surface area (Å²) in [7, 11) is 0. The second kappa shape index (κ2) is 11.2. The van der Waals surface area contributed by atoms with Gasteiger partial charge >= 0.3 is 0 Å². The van der Waals surface area contributed by atoms with E-state index in [1.807, 2.05) is 0 Å². The largest absolute Gasteiger partial charge is 0.378 e. The molecule has 2 aliphatic rings. The summed E-state index contributed by atoms with van der Waals surface area (Å²) >= 11 is 0. The third-order valence-corrected chi connectivity index (χ3v) is 6.17. The van der Waals surface area contributed by atoms with Crippen molar-refractivity contribution in [3.8, 4) is 0 Å². The molecular weight excluding hydrogens is 306 g/mol. The Kier molecular flexibility index (Phi) is 9.30. The average Bonchev–Trinajstić information content (AvgIpc) is 2.59. The molecule has 2 fully saturated rings. The first-order chi connectivity index (χ1) is 11.7. The molecule has 0 saturated heterocycles. The molecular formula is C21H36F2O. The molecule has 0 N–H and O–H groups in total. The van der Waals surface area contributed by atoms with Gasteiger partial charge in [-0.05, 0) is 81.6 Å². The molecule has 0 aromatic rings. The maximum atomic E-state index is 12.3. The van der Waals surface area contributed by atoms with Crippen molar-refractivity contribution < 1.29 is 13.5 Å². The number of allylic oxidation sites excluding steroid dienone is 1. The molecule has 0 radical (unpaired) electrons. The van der Waals surface area contributed by atoms with Crippen molar-refractivity contribution in [2.45, 2.75) is 96.5 Å². The van der Waals surface area contributed by atoms with E-state index in [4.69, 9.17) is 4.74 Å². The third kappa shape index (κ3) is 7.21. The molecule has 0 unspecified atom stereocenters. The van der Waals surface area contributed by atoms with E-state index in [-0.39, 0.29) is 5.92 Å². The fraction of sp³-hybridized carbons (Fsp3) is 0.905. The number of halogens is 2. The van der Waals surface area contributed by atoms with Gasteiger partial charge in [0.05, 0.1) is 6.10 Å². The molecule has 2 saturated carbocycles. The van der Waals surface area contributed by atoms with Crippen LogP contribution in [0.1, 0.15) is 90.4 Å². The van der Waals surface area contributed by atoms with Gasteiger partial charge in [-0.2, -0.15) is 8.78 Å². The van der Waals surface area contributed by atoms with E-state index < -0.39 is 6.08 Å². The second-order valence-corrected chi connectivity index (χ2v) is 7.95. The smallest absolute Gasteiger partial charge is 0.266 e. The van der Waals surface area contributed by atoms with Gasteiger partial charge < -0.3 is 4.74 Å². The summed E-state index contributed by atoms with van der Waals surface area (Å²) in [6, 6.07) is 0. The van der Waals surface area contributed by atoms with Crippen molar-refractivity contribution in [2.24, 2.45) is 17.8 Å². The molecule has 0 aliphatic heterocycles. The van der Waals surface area contributed by atoms with Crippen molar-refractivity contribution in [3.63, 3.8) is 0 Å². The highest BCUT2D eigenvalue weighted by molar-refractivity contribution is 4.92. The van der Waals surface area contributed by atoms with E-state index in [0.717, 1.165) is 44.1 Å². The highest BCUT2D eigenvalue weighted by Gasteiger charge is 2.30. The zero-order valence-electron chi connectivity index (χ0n) is 15.5. The first-order valence-electron chi connectivity index (χ1n) is 10.3. The molecule has 2 rings (SSSR count). The highest BCUT2D eigenvalue weighted by atomic mass is 19.3. The van der Waals surface area contributed by atoms with E-state index in [9.17, 15) is 8.78 Å². The molecule has 140 valence electrons. The van der Waals surface area contributed by atoms with Gasteiger partial charge in [0.1, 0.15) is 0 Å². The van der Waals surface area contributed by atoms with Crippen LogP contribution in [0.25, 0.3) is 0 Å². The number of hydrogen-bond donors (Lipinski definition) is 0. The Morgan fingerprint density at radius 1 is 0.833 bits per heavy atom. The number of unbranched alkanes of at least 4 members (excludes halogenated alkanes) is 4. The van der Waals surface area contributed by atoms with E-state index in [2.05, 4.69) is 6.92 Å². The van der Waals surface area contributed by atoms with Crippen LogP contribution < -0.4 is 0 Å². The van der Waals surface area contributed by atoms with Crippen LogP contribution in [0.2, 0.25) is 0 Å². The van der Waals surface area contributed by atoms with Crippen LogP contribution in [-0.4, -0.2) is 12.7 Å². The minimum absolute atomic E-state index is 0.124. The quantitative estimate of drug-likeness (QED) is 0.405. The standard InChI is InChI=1S/C21H36F2O/c1-2-3-4-5-6-15-24-20-13-11-19(12-14-20)18-9-7-17(8-10-18)16-21(22)23/h16-20H,2-15H2,1H3/t17-,18-,19-,20-. The molecule has 1 nitrogen and oxygen atoms in total. The normalized spacial score (nSPS) is 31.0. The van der Waals surface area contributed by atoms with Gasteiger partial charge in [-0.1, -0.05) is 32.6 Å². The molecule has 0 heterocycles. The molecule has 24 heavy (non-hydrogen) atoms. The van der Waals surface area contributed by atoms with Crippen molar-refractivity contribution in [1.82, 2.24) is 0 Å². The fourth-order valence-corrected chi connectivity index (χ4v) is 4.64. The van der Waals surface area contributed by atoms with Crippen molar-refractivity contribution in [3.05, 3.63) is 12.2 Å². The van der Waals surface area contributed by atoms with E-state index in [1.54, 1.807) is 0 Å². The summed E-state index contributed by atoms with van der Waals surface area (Å²) in [6.07, 6.45) is 15.8. The highest BCUT2D eigenvalue weighted by Crippen LogP contribution is 2.41. The average molecular weight is 343 g/mol. The van der Waals surface area contributed by atoms with Gasteiger partial charge in [-0.15, -0.1) is 0 Å². The van der Waals surface area contributed by atoms with Crippen LogP contribution in [0.15, 0.2) is 12.2 Å². The zero-order chi connectivity index (χ0) is 17.2. The maximum Gasteiger partial charge on any atom is 0.266 e. The summed E-state index contributed by atoms with van der Waals surface area (Å²) in [6.45, 7) is 3.18. The first kappa shape index (κ1) is 19.9. The first-order valence-corrected chi connectivity index (χ1v) is 10.3. The molecule has 2 aliphatic carbocycles. The molecule has 0 spiro atoms. The number of rotatable bonds is 9. The Hall–Kier alpha value is -0.440. The lowest BCUT2D eigenvalue weighted by molar-refractivity contribution is 0.00591. The molecule has 0 aromatic heterocycles. The Morgan fingerprint density at radius 2 is 1.42 bits per heavy atom. The van der Waals surface area contributed by atoms with Crippen LogP contribution in [0, 0.1) is 17.8 Å².